The van der Waals surface area contributed by atoms with Crippen molar-refractivity contribution >= 4 is 0 Å². The third-order valence-electron chi connectivity index (χ3n) is 3.82. The topological polar surface area (TPSA) is 0 Å². The molecule has 0 saturated carbocycles. The summed E-state index contributed by atoms with van der Waals surface area (Å²) in [7, 11) is 0. The molecular formula is C18H32. The van der Waals surface area contributed by atoms with Crippen molar-refractivity contribution in [1.82, 2.24) is 0 Å². The van der Waals surface area contributed by atoms with Crippen LogP contribution in [0, 0.1) is 0 Å². The zero-order valence-corrected chi connectivity index (χ0v) is 12.2. The normalized spacial score (nSPS) is 25.8. The molecule has 0 heteroatoms. The highest BCUT2D eigenvalue weighted by molar-refractivity contribution is 4.83. The summed E-state index contributed by atoms with van der Waals surface area (Å²) in [6.07, 6.45) is 29.0. The summed E-state index contributed by atoms with van der Waals surface area (Å²) >= 11 is 0. The van der Waals surface area contributed by atoms with Gasteiger partial charge in [-0.25, -0.2) is 0 Å². The first-order valence-electron chi connectivity index (χ1n) is 8.30. The molecule has 0 nitrogen and oxygen atoms in total. The lowest BCUT2D eigenvalue weighted by atomic mass is 10.1. The zero-order valence-electron chi connectivity index (χ0n) is 12.2. The van der Waals surface area contributed by atoms with E-state index in [1.807, 2.05) is 0 Å². The smallest absolute Gasteiger partial charge is 0.0351 e. The first-order chi connectivity index (χ1) is 9.00. The van der Waals surface area contributed by atoms with Crippen LogP contribution < -0.4 is 0 Å². The molecule has 0 amide bonds. The lowest BCUT2D eigenvalue weighted by Gasteiger charge is -2.01. The summed E-state index contributed by atoms with van der Waals surface area (Å²) < 4.78 is 0. The summed E-state index contributed by atoms with van der Waals surface area (Å²) in [5, 5.41) is 0. The predicted molar refractivity (Wildman–Crippen MR) is 82.9 cm³/mol. The molecule has 0 unspecified atom stereocenters. The molecule has 0 radical (unpaired) electrons. The minimum absolute atomic E-state index is 1.30. The highest BCUT2D eigenvalue weighted by atomic mass is 14.0. The lowest BCUT2D eigenvalue weighted by Crippen LogP contribution is -1.81. The number of hydrogen-bond donors (Lipinski definition) is 0. The van der Waals surface area contributed by atoms with Gasteiger partial charge in [-0.05, 0) is 51.4 Å². The molecule has 104 valence electrons. The van der Waals surface area contributed by atoms with Crippen molar-refractivity contribution in [2.75, 3.05) is 0 Å². The molecule has 0 aliphatic heterocycles. The maximum atomic E-state index is 2.41. The van der Waals surface area contributed by atoms with Gasteiger partial charge in [-0.15, -0.1) is 0 Å². The molecule has 1 aliphatic carbocycles. The maximum absolute atomic E-state index is 2.41. The van der Waals surface area contributed by atoms with Crippen LogP contribution in [0.2, 0.25) is 0 Å². The molecule has 0 bridgehead atoms. The molecule has 0 aromatic rings. The molecule has 0 N–H and O–H groups in total. The number of rotatable bonds is 0. The van der Waals surface area contributed by atoms with E-state index in [-0.39, 0.29) is 0 Å². The quantitative estimate of drug-likeness (QED) is 0.425. The summed E-state index contributed by atoms with van der Waals surface area (Å²) in [5.74, 6) is 0. The summed E-state index contributed by atoms with van der Waals surface area (Å²) in [5.41, 5.74) is 0. The van der Waals surface area contributed by atoms with Crippen LogP contribution in [-0.2, 0) is 0 Å². The average Bonchev–Trinajstić information content (AvgIpc) is 2.39. The van der Waals surface area contributed by atoms with E-state index in [4.69, 9.17) is 0 Å². The SMILES string of the molecule is C1=C/CCCCCCCCC/C=C/CCCCC/1. The molecule has 0 spiro atoms. The Kier molecular flexibility index (Phi) is 11.2. The molecule has 1 aliphatic rings. The van der Waals surface area contributed by atoms with E-state index < -0.39 is 0 Å². The Morgan fingerprint density at radius 2 is 0.500 bits per heavy atom. The molecule has 1 rings (SSSR count). The van der Waals surface area contributed by atoms with Gasteiger partial charge in [-0.1, -0.05) is 62.8 Å². The van der Waals surface area contributed by atoms with Gasteiger partial charge in [0.25, 0.3) is 0 Å². The second kappa shape index (κ2) is 12.9. The van der Waals surface area contributed by atoms with Crippen molar-refractivity contribution in [2.24, 2.45) is 0 Å². The fourth-order valence-corrected chi connectivity index (χ4v) is 2.58. The van der Waals surface area contributed by atoms with Crippen LogP contribution >= 0.6 is 0 Å². The molecule has 0 atom stereocenters. The predicted octanol–water partition coefficient (Wildman–Crippen LogP) is 6.57. The Bertz CT molecular complexity index is 190. The third-order valence-corrected chi connectivity index (χ3v) is 3.82. The van der Waals surface area contributed by atoms with Gasteiger partial charge < -0.3 is 0 Å². The van der Waals surface area contributed by atoms with Crippen LogP contribution in [0.25, 0.3) is 0 Å². The second-order valence-corrected chi connectivity index (χ2v) is 5.63. The number of allylic oxidation sites excluding steroid dienone is 4. The van der Waals surface area contributed by atoms with Crippen LogP contribution in [0.5, 0.6) is 0 Å². The van der Waals surface area contributed by atoms with Gasteiger partial charge >= 0.3 is 0 Å². The molecular weight excluding hydrogens is 216 g/mol. The van der Waals surface area contributed by atoms with Crippen molar-refractivity contribution in [3.8, 4) is 0 Å². The Morgan fingerprint density at radius 1 is 0.278 bits per heavy atom. The minimum Gasteiger partial charge on any atom is -0.0885 e. The summed E-state index contributed by atoms with van der Waals surface area (Å²) in [6.45, 7) is 0. The van der Waals surface area contributed by atoms with Gasteiger partial charge in [-0.3, -0.25) is 0 Å². The Balaban J connectivity index is 2.12. The van der Waals surface area contributed by atoms with Crippen LogP contribution in [0.1, 0.15) is 89.9 Å². The Labute approximate surface area is 115 Å². The van der Waals surface area contributed by atoms with Gasteiger partial charge in [-0.2, -0.15) is 0 Å². The zero-order chi connectivity index (χ0) is 12.7. The standard InChI is InChI=1S/C18H32/c1-2-4-6-8-10-12-14-16-18-17-15-13-11-9-7-5-3-1/h1-2,13,15H,3-12,14,16-18H2/b2-1+,15-13+. The van der Waals surface area contributed by atoms with E-state index in [9.17, 15) is 0 Å². The van der Waals surface area contributed by atoms with E-state index in [0.29, 0.717) is 0 Å². The number of hydrogen-bond acceptors (Lipinski definition) is 0. The van der Waals surface area contributed by atoms with Gasteiger partial charge in [0.15, 0.2) is 0 Å². The molecule has 0 saturated heterocycles. The maximum Gasteiger partial charge on any atom is -0.0351 e. The Hall–Kier alpha value is -0.520. The van der Waals surface area contributed by atoms with Gasteiger partial charge in [0.05, 0.1) is 0 Å². The first kappa shape index (κ1) is 15.5. The van der Waals surface area contributed by atoms with Gasteiger partial charge in [0, 0.05) is 0 Å². The van der Waals surface area contributed by atoms with E-state index in [2.05, 4.69) is 24.3 Å². The molecule has 18 heavy (non-hydrogen) atoms. The highest BCUT2D eigenvalue weighted by Gasteiger charge is 1.92. The fourth-order valence-electron chi connectivity index (χ4n) is 2.58. The van der Waals surface area contributed by atoms with Crippen molar-refractivity contribution in [1.29, 1.82) is 0 Å². The first-order valence-corrected chi connectivity index (χ1v) is 8.30. The van der Waals surface area contributed by atoms with Crippen molar-refractivity contribution in [3.63, 3.8) is 0 Å². The highest BCUT2D eigenvalue weighted by Crippen LogP contribution is 2.11. The minimum atomic E-state index is 1.30. The van der Waals surface area contributed by atoms with Crippen LogP contribution in [0.3, 0.4) is 0 Å². The largest absolute Gasteiger partial charge is 0.0885 e. The van der Waals surface area contributed by atoms with Gasteiger partial charge in [0.2, 0.25) is 0 Å². The van der Waals surface area contributed by atoms with E-state index in [1.165, 1.54) is 89.9 Å². The van der Waals surface area contributed by atoms with Crippen molar-refractivity contribution in [3.05, 3.63) is 24.3 Å². The third kappa shape index (κ3) is 10.6. The fraction of sp³-hybridized carbons (Fsp3) is 0.778. The van der Waals surface area contributed by atoms with E-state index in [1.54, 1.807) is 0 Å². The monoisotopic (exact) mass is 248 g/mol. The van der Waals surface area contributed by atoms with Crippen molar-refractivity contribution < 1.29 is 0 Å². The summed E-state index contributed by atoms with van der Waals surface area (Å²) in [6, 6.07) is 0. The molecule has 0 aromatic carbocycles. The van der Waals surface area contributed by atoms with Gasteiger partial charge in [0.1, 0.15) is 0 Å². The average molecular weight is 248 g/mol. The van der Waals surface area contributed by atoms with Crippen LogP contribution in [-0.4, -0.2) is 0 Å². The van der Waals surface area contributed by atoms with Crippen LogP contribution in [0.15, 0.2) is 24.3 Å². The van der Waals surface area contributed by atoms with E-state index >= 15 is 0 Å². The van der Waals surface area contributed by atoms with E-state index in [0.717, 1.165) is 0 Å². The molecule has 0 heterocycles. The lowest BCUT2D eigenvalue weighted by molar-refractivity contribution is 0.582. The van der Waals surface area contributed by atoms with Crippen molar-refractivity contribution in [2.45, 2.75) is 89.9 Å². The molecule has 0 aromatic heterocycles. The second-order valence-electron chi connectivity index (χ2n) is 5.63. The summed E-state index contributed by atoms with van der Waals surface area (Å²) in [4.78, 5) is 0. The molecule has 0 fully saturated rings. The van der Waals surface area contributed by atoms with Crippen LogP contribution in [0.4, 0.5) is 0 Å². The Morgan fingerprint density at radius 3 is 0.833 bits per heavy atom.